The van der Waals surface area contributed by atoms with Crippen LogP contribution in [-0.2, 0) is 0 Å². The molecule has 0 aliphatic heterocycles. The van der Waals surface area contributed by atoms with Crippen molar-refractivity contribution in [3.8, 4) is 17.1 Å². The van der Waals surface area contributed by atoms with Gasteiger partial charge >= 0.3 is 0 Å². The number of H-pyrrole nitrogens is 1. The number of nitrogens with one attached hydrogen (secondary N) is 1. The molecule has 3 rings (SSSR count). The predicted molar refractivity (Wildman–Crippen MR) is 78.1 cm³/mol. The minimum absolute atomic E-state index is 0.300. The van der Waals surface area contributed by atoms with Gasteiger partial charge in [0.25, 0.3) is 0 Å². The van der Waals surface area contributed by atoms with Gasteiger partial charge in [-0.3, -0.25) is 19.3 Å². The summed E-state index contributed by atoms with van der Waals surface area (Å²) >= 11 is 5.32. The maximum atomic E-state index is 5.32. The van der Waals surface area contributed by atoms with Gasteiger partial charge in [0.2, 0.25) is 0 Å². The molecule has 0 aliphatic carbocycles. The van der Waals surface area contributed by atoms with Gasteiger partial charge in [-0.15, -0.1) is 0 Å². The van der Waals surface area contributed by atoms with Crippen molar-refractivity contribution in [1.82, 2.24) is 29.5 Å². The minimum atomic E-state index is 0.300. The zero-order chi connectivity index (χ0) is 14.1. The van der Waals surface area contributed by atoms with Gasteiger partial charge in [-0.1, -0.05) is 0 Å². The molecule has 0 aromatic carbocycles. The fourth-order valence-corrected chi connectivity index (χ4v) is 2.19. The summed E-state index contributed by atoms with van der Waals surface area (Å²) in [6.45, 7) is 4.16. The van der Waals surface area contributed by atoms with Gasteiger partial charge in [0.05, 0.1) is 11.9 Å². The van der Waals surface area contributed by atoms with E-state index < -0.39 is 0 Å². The van der Waals surface area contributed by atoms with Crippen LogP contribution in [0.5, 0.6) is 0 Å². The first-order valence-electron chi connectivity index (χ1n) is 6.29. The minimum Gasteiger partial charge on any atom is -0.268 e. The van der Waals surface area contributed by atoms with Crippen molar-refractivity contribution in [3.63, 3.8) is 0 Å². The van der Waals surface area contributed by atoms with E-state index in [0.717, 1.165) is 17.1 Å². The average Bonchev–Trinajstić information content (AvgIpc) is 3.06. The van der Waals surface area contributed by atoms with E-state index in [4.69, 9.17) is 12.2 Å². The van der Waals surface area contributed by atoms with Gasteiger partial charge < -0.3 is 0 Å². The van der Waals surface area contributed by atoms with E-state index >= 15 is 0 Å². The van der Waals surface area contributed by atoms with Crippen molar-refractivity contribution >= 4 is 12.2 Å². The molecule has 0 amide bonds. The van der Waals surface area contributed by atoms with Crippen LogP contribution in [0.4, 0.5) is 0 Å². The Bertz CT molecular complexity index is 768. The van der Waals surface area contributed by atoms with Gasteiger partial charge in [-0.25, -0.2) is 0 Å². The Morgan fingerprint density at radius 3 is 2.65 bits per heavy atom. The Kier molecular flexibility index (Phi) is 3.19. The third kappa shape index (κ3) is 2.16. The molecule has 0 bridgehead atoms. The van der Waals surface area contributed by atoms with E-state index in [0.29, 0.717) is 10.8 Å². The number of nitrogens with zero attached hydrogens (tertiary/aromatic N) is 5. The normalized spacial score (nSPS) is 11.2. The Morgan fingerprint density at radius 2 is 2.00 bits per heavy atom. The van der Waals surface area contributed by atoms with Crippen molar-refractivity contribution in [3.05, 3.63) is 41.7 Å². The molecule has 0 radical (unpaired) electrons. The van der Waals surface area contributed by atoms with Crippen molar-refractivity contribution < 1.29 is 0 Å². The predicted octanol–water partition coefficient (Wildman–Crippen LogP) is 2.77. The summed E-state index contributed by atoms with van der Waals surface area (Å²) in [5, 5.41) is 11.5. The monoisotopic (exact) mass is 286 g/mol. The van der Waals surface area contributed by atoms with Crippen molar-refractivity contribution in [1.29, 1.82) is 0 Å². The van der Waals surface area contributed by atoms with E-state index in [-0.39, 0.29) is 0 Å². The van der Waals surface area contributed by atoms with Crippen molar-refractivity contribution in [2.45, 2.75) is 19.9 Å². The molecule has 102 valence electrons. The molecule has 0 unspecified atom stereocenters. The fraction of sp³-hybridized carbons (Fsp3) is 0.231. The molecular weight excluding hydrogens is 272 g/mol. The largest absolute Gasteiger partial charge is 0.268 e. The van der Waals surface area contributed by atoms with Crippen molar-refractivity contribution in [2.75, 3.05) is 0 Å². The van der Waals surface area contributed by atoms with Crippen molar-refractivity contribution in [2.24, 2.45) is 0 Å². The second-order valence-corrected chi connectivity index (χ2v) is 5.08. The summed E-state index contributed by atoms with van der Waals surface area (Å²) < 4.78 is 4.30. The smallest absolute Gasteiger partial charge is 0.200 e. The number of pyridine rings is 1. The highest BCUT2D eigenvalue weighted by Gasteiger charge is 2.12. The first-order chi connectivity index (χ1) is 9.66. The number of hydrogen-bond donors (Lipinski definition) is 1. The molecule has 0 atom stereocenters. The average molecular weight is 286 g/mol. The molecule has 0 spiro atoms. The van der Waals surface area contributed by atoms with Crippen LogP contribution in [0, 0.1) is 4.77 Å². The highest BCUT2D eigenvalue weighted by molar-refractivity contribution is 7.71. The van der Waals surface area contributed by atoms with Crippen LogP contribution in [-0.4, -0.2) is 29.5 Å². The number of aromatic amines is 1. The van der Waals surface area contributed by atoms with Crippen LogP contribution in [0.3, 0.4) is 0 Å². The zero-order valence-corrected chi connectivity index (χ0v) is 12.0. The molecule has 20 heavy (non-hydrogen) atoms. The Balaban J connectivity index is 2.14. The van der Waals surface area contributed by atoms with E-state index in [1.165, 1.54) is 0 Å². The van der Waals surface area contributed by atoms with E-state index in [1.807, 2.05) is 27.6 Å². The molecule has 0 saturated heterocycles. The van der Waals surface area contributed by atoms with Crippen LogP contribution in [0.15, 0.2) is 36.9 Å². The highest BCUT2D eigenvalue weighted by Crippen LogP contribution is 2.21. The maximum Gasteiger partial charge on any atom is 0.200 e. The van der Waals surface area contributed by atoms with E-state index in [9.17, 15) is 0 Å². The fourth-order valence-electron chi connectivity index (χ4n) is 1.96. The molecule has 0 fully saturated rings. The lowest BCUT2D eigenvalue weighted by Crippen LogP contribution is -2.01. The number of aromatic nitrogens is 6. The molecule has 3 heterocycles. The van der Waals surface area contributed by atoms with Gasteiger partial charge in [0.1, 0.15) is 0 Å². The van der Waals surface area contributed by atoms with E-state index in [2.05, 4.69) is 34.1 Å². The zero-order valence-electron chi connectivity index (χ0n) is 11.2. The first-order valence-corrected chi connectivity index (χ1v) is 6.70. The first kappa shape index (κ1) is 12.7. The van der Waals surface area contributed by atoms with Crippen LogP contribution in [0.25, 0.3) is 17.1 Å². The van der Waals surface area contributed by atoms with Gasteiger partial charge in [-0.2, -0.15) is 10.2 Å². The maximum absolute atomic E-state index is 5.32. The molecule has 7 heteroatoms. The second kappa shape index (κ2) is 5.01. The lowest BCUT2D eigenvalue weighted by Gasteiger charge is -2.05. The van der Waals surface area contributed by atoms with Crippen LogP contribution >= 0.6 is 12.2 Å². The molecule has 0 saturated carbocycles. The highest BCUT2D eigenvalue weighted by atomic mass is 32.1. The third-order valence-corrected chi connectivity index (χ3v) is 3.26. The van der Waals surface area contributed by atoms with Gasteiger partial charge in [0.15, 0.2) is 10.6 Å². The Morgan fingerprint density at radius 1 is 1.25 bits per heavy atom. The molecule has 1 N–H and O–H groups in total. The summed E-state index contributed by atoms with van der Waals surface area (Å²) in [5.74, 6) is 0.751. The Hall–Kier alpha value is -2.28. The molecule has 3 aromatic rings. The quantitative estimate of drug-likeness (QED) is 0.752. The standard InChI is InChI=1S/C13H14N6S/c1-9(2)18-8-11(7-15-18)19-12(16-17-13(19)20)10-3-5-14-6-4-10/h3-9H,1-2H3,(H,17,20). The molecule has 6 nitrogen and oxygen atoms in total. The Labute approximate surface area is 121 Å². The summed E-state index contributed by atoms with van der Waals surface area (Å²) in [4.78, 5) is 4.02. The van der Waals surface area contributed by atoms with Gasteiger partial charge in [-0.05, 0) is 38.2 Å². The van der Waals surface area contributed by atoms with Crippen LogP contribution in [0.1, 0.15) is 19.9 Å². The molecule has 0 aliphatic rings. The van der Waals surface area contributed by atoms with E-state index in [1.54, 1.807) is 18.6 Å². The third-order valence-electron chi connectivity index (χ3n) is 2.99. The lowest BCUT2D eigenvalue weighted by atomic mass is 10.2. The molecular formula is C13H14N6S. The second-order valence-electron chi connectivity index (χ2n) is 4.70. The van der Waals surface area contributed by atoms with Crippen LogP contribution in [0.2, 0.25) is 0 Å². The SMILES string of the molecule is CC(C)n1cc(-n2c(-c3ccncc3)n[nH]c2=S)cn1. The van der Waals surface area contributed by atoms with Crippen LogP contribution < -0.4 is 0 Å². The summed E-state index contributed by atoms with van der Waals surface area (Å²) in [5.41, 5.74) is 1.84. The van der Waals surface area contributed by atoms with Gasteiger partial charge in [0, 0.05) is 30.2 Å². The number of hydrogen-bond acceptors (Lipinski definition) is 4. The summed E-state index contributed by atoms with van der Waals surface area (Å²) in [6.07, 6.45) is 7.21. The summed E-state index contributed by atoms with van der Waals surface area (Å²) in [6, 6.07) is 4.09. The molecule has 3 aromatic heterocycles. The lowest BCUT2D eigenvalue weighted by molar-refractivity contribution is 0.532. The number of rotatable bonds is 3. The topological polar surface area (TPSA) is 64.3 Å². The summed E-state index contributed by atoms with van der Waals surface area (Å²) in [7, 11) is 0.